The first-order chi connectivity index (χ1) is 55.3. The third kappa shape index (κ3) is 13.9. The van der Waals surface area contributed by atoms with Gasteiger partial charge in [0, 0.05) is 216 Å². The van der Waals surface area contributed by atoms with Crippen molar-refractivity contribution < 1.29 is 9.90 Å². The molecule has 8 N–H and O–H groups in total. The van der Waals surface area contributed by atoms with E-state index >= 15 is 0 Å². The van der Waals surface area contributed by atoms with Crippen LogP contribution < -0.4 is 36.8 Å². The van der Waals surface area contributed by atoms with E-state index in [1.54, 1.807) is 87.5 Å². The van der Waals surface area contributed by atoms with Crippen molar-refractivity contribution in [3.8, 4) is 101 Å². The lowest BCUT2D eigenvalue weighted by Crippen LogP contribution is -2.48. The predicted octanol–water partition coefficient (Wildman–Crippen LogP) is 14.7. The van der Waals surface area contributed by atoms with Gasteiger partial charge in [-0.2, -0.15) is 0 Å². The molecular weight excluding hydrogens is 1410 g/mol. The lowest BCUT2D eigenvalue weighted by molar-refractivity contribution is -0.129. The first-order valence-corrected chi connectivity index (χ1v) is 36.1. The summed E-state index contributed by atoms with van der Waals surface area (Å²) in [5.41, 5.74) is 23.2. The maximum Gasteiger partial charge on any atom is 0.227 e. The van der Waals surface area contributed by atoms with Crippen molar-refractivity contribution in [1.82, 2.24) is 94.6 Å². The highest BCUT2D eigenvalue weighted by atomic mass is 16.3. The number of benzene rings is 2. The number of hydrogen-bond donors (Lipinski definition) is 8. The SMILES string of the molecule is CC(=O)N1CCN(c2ncc3c(n2)-c2cccnc2Nc2cnccc2-3)CC1.OCCc1cccc(Nc2ncc3c(n2)-c2cccnc2Nc2cnccc2-3)c1.c1ccc(-c2ncc3c(n2)-c2cccnc2Nc2cnccc2-3)cc1.c1cnc2c(c1)-c1nc(NCc3ccnc4[nH]ccc34)ncc1-c1ccncc1N2. The lowest BCUT2D eigenvalue weighted by Gasteiger charge is -2.34. The average molecular weight is 1470 g/mol. The molecule has 0 bridgehead atoms. The first-order valence-electron chi connectivity index (χ1n) is 36.1. The molecule has 0 radical (unpaired) electrons. The summed E-state index contributed by atoms with van der Waals surface area (Å²) in [6.07, 6.45) is 33.0. The van der Waals surface area contributed by atoms with E-state index in [0.29, 0.717) is 49.7 Å². The fraction of sp³-hybridized carbons (Fsp3) is 0.0952. The van der Waals surface area contributed by atoms with Crippen LogP contribution in [-0.2, 0) is 17.8 Å². The van der Waals surface area contributed by atoms with Crippen molar-refractivity contribution in [2.45, 2.75) is 19.9 Å². The van der Waals surface area contributed by atoms with Gasteiger partial charge in [0.1, 0.15) is 28.9 Å². The maximum absolute atomic E-state index is 11.6. The molecule has 544 valence electrons. The van der Waals surface area contributed by atoms with Crippen LogP contribution >= 0.6 is 0 Å². The summed E-state index contributed by atoms with van der Waals surface area (Å²) < 4.78 is 0. The summed E-state index contributed by atoms with van der Waals surface area (Å²) in [5, 5.41) is 30.3. The van der Waals surface area contributed by atoms with E-state index in [-0.39, 0.29) is 12.5 Å². The Bertz CT molecular complexity index is 6220. The van der Waals surface area contributed by atoms with Crippen LogP contribution in [0.2, 0.25) is 0 Å². The third-order valence-corrected chi connectivity index (χ3v) is 19.5. The minimum absolute atomic E-state index is 0.110. The number of carbonyl (C=O) groups is 1. The number of piperazine rings is 1. The Kier molecular flexibility index (Phi) is 18.7. The number of hydrogen-bond acceptors (Lipinski definition) is 26. The number of amides is 1. The van der Waals surface area contributed by atoms with Gasteiger partial charge in [-0.3, -0.25) is 24.7 Å². The number of H-pyrrole nitrogens is 1. The lowest BCUT2D eigenvalue weighted by atomic mass is 10.0. The van der Waals surface area contributed by atoms with Gasteiger partial charge in [0.2, 0.25) is 23.8 Å². The molecule has 16 aromatic rings. The maximum atomic E-state index is 11.6. The van der Waals surface area contributed by atoms with Crippen LogP contribution in [-0.4, -0.2) is 138 Å². The zero-order valence-electron chi connectivity index (χ0n) is 60.0. The highest BCUT2D eigenvalue weighted by molar-refractivity contribution is 5.99. The molecule has 0 saturated carbocycles. The predicted molar refractivity (Wildman–Crippen MR) is 431 cm³/mol. The van der Waals surface area contributed by atoms with Gasteiger partial charge in [0.15, 0.2) is 5.82 Å². The van der Waals surface area contributed by atoms with Crippen LogP contribution in [0.15, 0.2) is 251 Å². The van der Waals surface area contributed by atoms with Gasteiger partial charge >= 0.3 is 0 Å². The van der Waals surface area contributed by atoms with Gasteiger partial charge < -0.3 is 51.8 Å². The van der Waals surface area contributed by atoms with Crippen molar-refractivity contribution in [2.24, 2.45) is 0 Å². The van der Waals surface area contributed by atoms with E-state index in [2.05, 4.69) is 107 Å². The Morgan fingerprint density at radius 1 is 0.429 bits per heavy atom. The Hall–Kier alpha value is -15.3. The number of aliphatic hydroxyl groups excluding tert-OH is 1. The molecule has 14 aromatic heterocycles. The molecule has 2 aromatic carbocycles. The van der Waals surface area contributed by atoms with Crippen LogP contribution in [0, 0.1) is 0 Å². The highest BCUT2D eigenvalue weighted by Crippen LogP contribution is 2.47. The molecule has 1 saturated heterocycles. The monoisotopic (exact) mass is 1470 g/mol. The van der Waals surface area contributed by atoms with E-state index in [9.17, 15) is 9.90 Å². The Morgan fingerprint density at radius 2 is 0.920 bits per heavy atom. The molecule has 0 spiro atoms. The first kappa shape index (κ1) is 68.5. The van der Waals surface area contributed by atoms with Crippen LogP contribution in [0.25, 0.3) is 112 Å². The zero-order chi connectivity index (χ0) is 75.3. The molecule has 28 nitrogen and oxygen atoms in total. The molecular formula is C84H66N26O2. The molecule has 1 fully saturated rings. The highest BCUT2D eigenvalue weighted by Gasteiger charge is 2.29. The van der Waals surface area contributed by atoms with E-state index in [0.717, 1.165) is 182 Å². The normalized spacial score (nSPS) is 12.4. The minimum atomic E-state index is 0.110. The summed E-state index contributed by atoms with van der Waals surface area (Å²) >= 11 is 0. The summed E-state index contributed by atoms with van der Waals surface area (Å²) in [7, 11) is 0. The number of anilines is 12. The van der Waals surface area contributed by atoms with Crippen LogP contribution in [0.1, 0.15) is 18.1 Å². The number of aromatic nitrogens is 18. The summed E-state index contributed by atoms with van der Waals surface area (Å²) in [4.78, 5) is 95.7. The summed E-state index contributed by atoms with van der Waals surface area (Å²) in [6.45, 7) is 5.12. The van der Waals surface area contributed by atoms with Gasteiger partial charge in [-0.25, -0.2) is 64.8 Å². The zero-order valence-corrected chi connectivity index (χ0v) is 60.0. The van der Waals surface area contributed by atoms with Gasteiger partial charge in [-0.1, -0.05) is 42.5 Å². The molecule has 5 aliphatic heterocycles. The Labute approximate surface area is 640 Å². The smallest absolute Gasteiger partial charge is 0.227 e. The Morgan fingerprint density at radius 3 is 1.45 bits per heavy atom. The second-order valence-electron chi connectivity index (χ2n) is 26.3. The van der Waals surface area contributed by atoms with Crippen molar-refractivity contribution >= 4 is 86.5 Å². The van der Waals surface area contributed by atoms with Crippen LogP contribution in [0.3, 0.4) is 0 Å². The second-order valence-corrected chi connectivity index (χ2v) is 26.3. The molecule has 0 atom stereocenters. The molecule has 112 heavy (non-hydrogen) atoms. The van der Waals surface area contributed by atoms with Crippen LogP contribution in [0.5, 0.6) is 0 Å². The van der Waals surface area contributed by atoms with E-state index in [4.69, 9.17) is 19.9 Å². The molecule has 0 aliphatic carbocycles. The van der Waals surface area contributed by atoms with Crippen molar-refractivity contribution in [2.75, 3.05) is 69.6 Å². The van der Waals surface area contributed by atoms with E-state index in [1.807, 2.05) is 175 Å². The molecule has 19 heterocycles. The summed E-state index contributed by atoms with van der Waals surface area (Å²) in [5.74, 6) is 5.54. The molecule has 0 unspecified atom stereocenters. The van der Waals surface area contributed by atoms with Gasteiger partial charge in [-0.15, -0.1) is 0 Å². The largest absolute Gasteiger partial charge is 0.396 e. The van der Waals surface area contributed by atoms with Crippen LogP contribution in [0.4, 0.5) is 69.6 Å². The minimum Gasteiger partial charge on any atom is -0.396 e. The van der Waals surface area contributed by atoms with Crippen molar-refractivity contribution in [3.05, 3.63) is 262 Å². The van der Waals surface area contributed by atoms with Gasteiger partial charge in [0.05, 0.1) is 70.3 Å². The number of nitrogens with one attached hydrogen (secondary N) is 7. The fourth-order valence-electron chi connectivity index (χ4n) is 14.0. The summed E-state index contributed by atoms with van der Waals surface area (Å²) in [6, 6.07) is 45.4. The number of carbonyl (C=O) groups excluding carboxylic acids is 1. The van der Waals surface area contributed by atoms with E-state index in [1.165, 1.54) is 0 Å². The molecule has 5 aliphatic rings. The number of nitrogens with zero attached hydrogens (tertiary/aromatic N) is 19. The topological polar surface area (TPSA) is 351 Å². The molecule has 1 amide bonds. The van der Waals surface area contributed by atoms with Gasteiger partial charge in [0.25, 0.3) is 0 Å². The van der Waals surface area contributed by atoms with E-state index < -0.39 is 0 Å². The van der Waals surface area contributed by atoms with Crippen molar-refractivity contribution in [1.29, 1.82) is 0 Å². The third-order valence-electron chi connectivity index (χ3n) is 19.5. The number of aliphatic hydroxyl groups is 1. The van der Waals surface area contributed by atoms with Gasteiger partial charge in [-0.05, 0) is 115 Å². The number of aromatic amines is 1. The quantitative estimate of drug-likeness (QED) is 0.0665. The number of rotatable bonds is 9. The molecule has 21 rings (SSSR count). The average Bonchev–Trinajstić information content (AvgIpc) is 1.61. The standard InChI is InChI=1S/C22H16N8.C22H18N6O.C20H19N7O.C20H13N5/c1-2-16-19-17(15-4-7-23-12-18(15)29-21(16)24-6-1)11-28-22(30-19)27-10-13-3-8-25-20-14(13)5-9-26-20;29-10-7-14-3-1-4-15(11-14)26-22-25-12-18-16-6-9-23-13-19(16)27-21-17(20(18)28-22)5-2-8-24-21;1-13(28)26-7-9-27(10-8-26)20-23-11-16-14-4-6-21-12-17(14)24-19-15(18(16)25-20)3-2-5-22-19;1-2-5-13(6-3-1)19-23-11-16-14-8-10-21-12-17(14)24-20-15(18(16)25-19)7-4-9-22-20/h1-9,11-12H,10H2,(H,24,29)(H,25,26)(H,27,28,30);1-6,8-9,11-13,29H,7,10H2,(H,24,27)(H,25,26,28);2-6,11-12H,7-10H2,1H3,(H,22,24);1-12H,(H,22,24). The van der Waals surface area contributed by atoms with Crippen molar-refractivity contribution in [3.63, 3.8) is 0 Å². The number of pyridine rings is 9. The second kappa shape index (κ2) is 30.5. The fourth-order valence-corrected chi connectivity index (χ4v) is 14.0. The Balaban J connectivity index is 0.000000104. The number of fused-ring (bicyclic) bond motifs is 21. The molecule has 28 heteroatoms.